The predicted octanol–water partition coefficient (Wildman–Crippen LogP) is -0.294. The summed E-state index contributed by atoms with van der Waals surface area (Å²) in [4.78, 5) is 11.4. The first kappa shape index (κ1) is 8.25. The van der Waals surface area contributed by atoms with Crippen molar-refractivity contribution in [2.75, 3.05) is 5.32 Å². The quantitative estimate of drug-likeness (QED) is 0.656. The summed E-state index contributed by atoms with van der Waals surface area (Å²) in [5.74, 6) is 0.704. The molecular formula is C8H12N4O. The minimum Gasteiger partial charge on any atom is -0.327 e. The topological polar surface area (TPSA) is 72.9 Å². The minimum absolute atomic E-state index is 0.00361. The highest BCUT2D eigenvalue weighted by molar-refractivity contribution is 5.94. The fourth-order valence-electron chi connectivity index (χ4n) is 1.23. The van der Waals surface area contributed by atoms with Gasteiger partial charge in [-0.15, -0.1) is 0 Å². The zero-order chi connectivity index (χ0) is 9.42. The Hall–Kier alpha value is -1.36. The number of amides is 1. The number of nitrogens with zero attached hydrogens (tertiary/aromatic N) is 2. The number of hydrogen-bond acceptors (Lipinski definition) is 3. The largest absolute Gasteiger partial charge is 0.327 e. The van der Waals surface area contributed by atoms with Crippen molar-refractivity contribution in [2.24, 2.45) is 18.7 Å². The highest BCUT2D eigenvalue weighted by Crippen LogP contribution is 2.28. The molecule has 1 heterocycles. The second-order valence-corrected chi connectivity index (χ2v) is 3.34. The Balaban J connectivity index is 1.99. The Morgan fingerprint density at radius 2 is 2.54 bits per heavy atom. The molecule has 3 N–H and O–H groups in total. The van der Waals surface area contributed by atoms with Gasteiger partial charge in [0.2, 0.25) is 5.91 Å². The lowest BCUT2D eigenvalue weighted by atomic mass is 10.4. The molecule has 1 amide bonds. The maximum Gasteiger partial charge on any atom is 0.230 e. The molecular weight excluding hydrogens is 168 g/mol. The number of carbonyl (C=O) groups excluding carboxylic acids is 1. The number of carbonyl (C=O) groups is 1. The van der Waals surface area contributed by atoms with E-state index in [0.717, 1.165) is 6.42 Å². The van der Waals surface area contributed by atoms with Crippen LogP contribution in [0.1, 0.15) is 6.42 Å². The van der Waals surface area contributed by atoms with Crippen LogP contribution < -0.4 is 11.1 Å². The predicted molar refractivity (Wildman–Crippen MR) is 47.9 cm³/mol. The molecule has 0 aliphatic heterocycles. The van der Waals surface area contributed by atoms with Gasteiger partial charge in [-0.25, -0.2) is 0 Å². The van der Waals surface area contributed by atoms with Gasteiger partial charge in [0.15, 0.2) is 0 Å². The van der Waals surface area contributed by atoms with Crippen molar-refractivity contribution in [3.05, 3.63) is 12.3 Å². The van der Waals surface area contributed by atoms with Crippen LogP contribution in [0.25, 0.3) is 0 Å². The monoisotopic (exact) mass is 180 g/mol. The Labute approximate surface area is 75.9 Å². The average Bonchev–Trinajstić information content (AvgIpc) is 2.68. The maximum atomic E-state index is 11.4. The molecule has 5 nitrogen and oxygen atoms in total. The summed E-state index contributed by atoms with van der Waals surface area (Å²) < 4.78 is 1.62. The van der Waals surface area contributed by atoms with E-state index >= 15 is 0 Å². The molecule has 1 aliphatic rings. The van der Waals surface area contributed by atoms with Crippen LogP contribution >= 0.6 is 0 Å². The summed E-state index contributed by atoms with van der Waals surface area (Å²) in [6, 6.07) is 1.81. The molecule has 1 fully saturated rings. The summed E-state index contributed by atoms with van der Waals surface area (Å²) >= 11 is 0. The number of anilines is 1. The molecule has 0 aromatic carbocycles. The molecule has 5 heteroatoms. The van der Waals surface area contributed by atoms with Gasteiger partial charge < -0.3 is 11.1 Å². The lowest BCUT2D eigenvalue weighted by Gasteiger charge is -2.03. The first-order valence-corrected chi connectivity index (χ1v) is 4.23. The highest BCUT2D eigenvalue weighted by atomic mass is 16.2. The van der Waals surface area contributed by atoms with E-state index in [1.54, 1.807) is 24.0 Å². The zero-order valence-corrected chi connectivity index (χ0v) is 7.40. The summed E-state index contributed by atoms with van der Waals surface area (Å²) in [6.07, 6.45) is 2.44. The summed E-state index contributed by atoms with van der Waals surface area (Å²) in [7, 11) is 1.78. The van der Waals surface area contributed by atoms with Crippen molar-refractivity contribution >= 4 is 11.7 Å². The van der Waals surface area contributed by atoms with E-state index in [4.69, 9.17) is 5.73 Å². The van der Waals surface area contributed by atoms with Gasteiger partial charge >= 0.3 is 0 Å². The van der Waals surface area contributed by atoms with Crippen molar-refractivity contribution in [1.29, 1.82) is 0 Å². The fraction of sp³-hybridized carbons (Fsp3) is 0.500. The Kier molecular flexibility index (Phi) is 1.81. The summed E-state index contributed by atoms with van der Waals surface area (Å²) in [5, 5.41) is 6.70. The van der Waals surface area contributed by atoms with Gasteiger partial charge in [0.1, 0.15) is 5.82 Å². The van der Waals surface area contributed by atoms with Crippen molar-refractivity contribution in [1.82, 2.24) is 9.78 Å². The van der Waals surface area contributed by atoms with Crippen molar-refractivity contribution in [2.45, 2.75) is 12.5 Å². The summed E-state index contributed by atoms with van der Waals surface area (Å²) in [5.41, 5.74) is 5.55. The lowest BCUT2D eigenvalue weighted by molar-refractivity contribution is -0.117. The van der Waals surface area contributed by atoms with Crippen LogP contribution in [0.3, 0.4) is 0 Å². The van der Waals surface area contributed by atoms with Gasteiger partial charge in [-0.2, -0.15) is 5.10 Å². The molecule has 1 aromatic heterocycles. The molecule has 0 saturated heterocycles. The second kappa shape index (κ2) is 2.85. The number of rotatable bonds is 2. The minimum atomic E-state index is -0.00472. The highest BCUT2D eigenvalue weighted by Gasteiger charge is 2.40. The smallest absolute Gasteiger partial charge is 0.230 e. The van der Waals surface area contributed by atoms with Gasteiger partial charge in [0.25, 0.3) is 0 Å². The molecule has 2 atom stereocenters. The van der Waals surface area contributed by atoms with Gasteiger partial charge in [-0.3, -0.25) is 9.48 Å². The molecule has 0 spiro atoms. The third-order valence-corrected chi connectivity index (χ3v) is 2.25. The van der Waals surface area contributed by atoms with E-state index in [9.17, 15) is 4.79 Å². The number of aromatic nitrogens is 2. The van der Waals surface area contributed by atoms with Crippen LogP contribution in [0.15, 0.2) is 12.3 Å². The second-order valence-electron chi connectivity index (χ2n) is 3.34. The number of hydrogen-bond donors (Lipinski definition) is 2. The molecule has 2 unspecified atom stereocenters. The molecule has 1 aromatic rings. The molecule has 0 radical (unpaired) electrons. The Bertz CT molecular complexity index is 333. The molecule has 0 bridgehead atoms. The van der Waals surface area contributed by atoms with Crippen molar-refractivity contribution in [3.8, 4) is 0 Å². The third-order valence-electron chi connectivity index (χ3n) is 2.25. The van der Waals surface area contributed by atoms with E-state index in [0.29, 0.717) is 5.82 Å². The molecule has 1 aliphatic carbocycles. The van der Waals surface area contributed by atoms with Crippen LogP contribution in [0.5, 0.6) is 0 Å². The SMILES string of the molecule is Cn1nccc1NC(=O)C1CC1N. The fourth-order valence-corrected chi connectivity index (χ4v) is 1.23. The maximum absolute atomic E-state index is 11.4. The van der Waals surface area contributed by atoms with Gasteiger partial charge in [0.05, 0.1) is 12.1 Å². The normalized spacial score (nSPS) is 25.7. The molecule has 13 heavy (non-hydrogen) atoms. The van der Waals surface area contributed by atoms with Crippen LogP contribution in [-0.2, 0) is 11.8 Å². The van der Waals surface area contributed by atoms with E-state index in [-0.39, 0.29) is 17.9 Å². The number of aryl methyl sites for hydroxylation is 1. The number of nitrogens with two attached hydrogens (primary N) is 1. The van der Waals surface area contributed by atoms with Gasteiger partial charge in [0, 0.05) is 19.2 Å². The first-order valence-electron chi connectivity index (χ1n) is 4.23. The summed E-state index contributed by atoms with van der Waals surface area (Å²) in [6.45, 7) is 0. The molecule has 70 valence electrons. The van der Waals surface area contributed by atoms with E-state index < -0.39 is 0 Å². The first-order chi connectivity index (χ1) is 6.18. The van der Waals surface area contributed by atoms with E-state index in [1.165, 1.54) is 0 Å². The van der Waals surface area contributed by atoms with E-state index in [1.807, 2.05) is 0 Å². The van der Waals surface area contributed by atoms with Crippen LogP contribution in [0.4, 0.5) is 5.82 Å². The van der Waals surface area contributed by atoms with E-state index in [2.05, 4.69) is 10.4 Å². The average molecular weight is 180 g/mol. The molecule has 2 rings (SSSR count). The Morgan fingerprint density at radius 3 is 3.00 bits per heavy atom. The van der Waals surface area contributed by atoms with Crippen LogP contribution in [0, 0.1) is 5.92 Å². The standard InChI is InChI=1S/C8H12N4O/c1-12-7(2-3-10-12)11-8(13)5-4-6(5)9/h2-3,5-6H,4,9H2,1H3,(H,11,13). The van der Waals surface area contributed by atoms with Crippen molar-refractivity contribution < 1.29 is 4.79 Å². The number of nitrogens with one attached hydrogen (secondary N) is 1. The van der Waals surface area contributed by atoms with Gasteiger partial charge in [-0.05, 0) is 6.42 Å². The van der Waals surface area contributed by atoms with Gasteiger partial charge in [-0.1, -0.05) is 0 Å². The Morgan fingerprint density at radius 1 is 1.85 bits per heavy atom. The lowest BCUT2D eigenvalue weighted by Crippen LogP contribution is -2.20. The zero-order valence-electron chi connectivity index (χ0n) is 7.40. The van der Waals surface area contributed by atoms with Crippen LogP contribution in [0.2, 0.25) is 0 Å². The van der Waals surface area contributed by atoms with Crippen molar-refractivity contribution in [3.63, 3.8) is 0 Å². The van der Waals surface area contributed by atoms with Crippen LogP contribution in [-0.4, -0.2) is 21.7 Å². The third kappa shape index (κ3) is 1.55. The molecule has 1 saturated carbocycles.